The second kappa shape index (κ2) is 9.05. The van der Waals surface area contributed by atoms with Crippen LogP contribution in [0.3, 0.4) is 0 Å². The number of hydrogen-bond acceptors (Lipinski definition) is 6. The van der Waals surface area contributed by atoms with Gasteiger partial charge in [0.2, 0.25) is 5.13 Å². The molecule has 0 unspecified atom stereocenters. The molecule has 0 bridgehead atoms. The molecule has 7 nitrogen and oxygen atoms in total. The Balaban J connectivity index is 1.55. The van der Waals surface area contributed by atoms with Crippen LogP contribution >= 0.6 is 11.3 Å². The van der Waals surface area contributed by atoms with Gasteiger partial charge in [-0.2, -0.15) is 0 Å². The number of imide groups is 1. The summed E-state index contributed by atoms with van der Waals surface area (Å²) in [6.45, 7) is 2.20. The molecule has 1 aromatic carbocycles. The van der Waals surface area contributed by atoms with E-state index in [2.05, 4.69) is 22.4 Å². The Labute approximate surface area is 168 Å². The van der Waals surface area contributed by atoms with E-state index in [0.717, 1.165) is 22.7 Å². The van der Waals surface area contributed by atoms with Crippen molar-refractivity contribution in [1.82, 2.24) is 15.1 Å². The molecule has 2 aromatic rings. The highest BCUT2D eigenvalue weighted by Crippen LogP contribution is 2.24. The molecule has 28 heavy (non-hydrogen) atoms. The third-order valence-electron chi connectivity index (χ3n) is 4.78. The Hall–Kier alpha value is -2.61. The smallest absolute Gasteiger partial charge is 0.261 e. The van der Waals surface area contributed by atoms with Crippen LogP contribution in [0.1, 0.15) is 81.5 Å². The van der Waals surface area contributed by atoms with E-state index >= 15 is 0 Å². The number of aromatic nitrogens is 2. The first kappa shape index (κ1) is 20.1. The second-order valence-corrected chi connectivity index (χ2v) is 7.96. The van der Waals surface area contributed by atoms with Gasteiger partial charge in [-0.1, -0.05) is 50.4 Å². The second-order valence-electron chi connectivity index (χ2n) is 6.90. The van der Waals surface area contributed by atoms with Crippen molar-refractivity contribution in [3.8, 4) is 0 Å². The Kier molecular flexibility index (Phi) is 6.51. The first-order chi connectivity index (χ1) is 13.5. The minimum Gasteiger partial charge on any atom is -0.296 e. The van der Waals surface area contributed by atoms with Crippen LogP contribution in [-0.2, 0) is 6.42 Å². The lowest BCUT2D eigenvalue weighted by Crippen LogP contribution is -2.24. The third-order valence-corrected chi connectivity index (χ3v) is 5.68. The minimum absolute atomic E-state index is 0.251. The predicted octanol–water partition coefficient (Wildman–Crippen LogP) is 3.92. The van der Waals surface area contributed by atoms with Gasteiger partial charge in [0.05, 0.1) is 11.1 Å². The molecule has 3 rings (SSSR count). The lowest BCUT2D eigenvalue weighted by Gasteiger charge is -2.03. The number of hydrogen-bond donors (Lipinski definition) is 1. The van der Waals surface area contributed by atoms with Gasteiger partial charge in [-0.25, -0.2) is 0 Å². The standard InChI is InChI=1S/C20H24N4O3S/c1-3-4-5-6-7-8-9-16-22-23-20(28-16)21-17(25)13-10-11-14-15(12-13)19(27)24(2)18(14)26/h10-12H,3-9H2,1-2H3,(H,21,23,25). The molecule has 0 fully saturated rings. The molecule has 0 saturated heterocycles. The highest BCUT2D eigenvalue weighted by atomic mass is 32.1. The Morgan fingerprint density at radius 2 is 1.75 bits per heavy atom. The first-order valence-electron chi connectivity index (χ1n) is 9.61. The fourth-order valence-corrected chi connectivity index (χ4v) is 3.91. The predicted molar refractivity (Wildman–Crippen MR) is 108 cm³/mol. The van der Waals surface area contributed by atoms with E-state index in [0.29, 0.717) is 16.3 Å². The Bertz CT molecular complexity index is 893. The monoisotopic (exact) mass is 400 g/mol. The lowest BCUT2D eigenvalue weighted by molar-refractivity contribution is 0.0693. The van der Waals surface area contributed by atoms with Gasteiger partial charge in [-0.3, -0.25) is 24.6 Å². The normalized spacial score (nSPS) is 13.1. The molecule has 0 saturated carbocycles. The van der Waals surface area contributed by atoms with Crippen LogP contribution in [0.4, 0.5) is 5.13 Å². The van der Waals surface area contributed by atoms with Gasteiger partial charge >= 0.3 is 0 Å². The highest BCUT2D eigenvalue weighted by molar-refractivity contribution is 7.15. The number of fused-ring (bicyclic) bond motifs is 1. The average molecular weight is 401 g/mol. The van der Waals surface area contributed by atoms with Crippen molar-refractivity contribution in [1.29, 1.82) is 0 Å². The maximum Gasteiger partial charge on any atom is 0.261 e. The zero-order valence-corrected chi connectivity index (χ0v) is 17.0. The molecule has 2 heterocycles. The van der Waals surface area contributed by atoms with E-state index in [1.165, 1.54) is 68.7 Å². The van der Waals surface area contributed by atoms with E-state index in [1.807, 2.05) is 0 Å². The number of anilines is 1. The Morgan fingerprint density at radius 1 is 1.04 bits per heavy atom. The number of rotatable bonds is 9. The average Bonchev–Trinajstić information content (AvgIpc) is 3.23. The van der Waals surface area contributed by atoms with E-state index in [9.17, 15) is 14.4 Å². The van der Waals surface area contributed by atoms with Gasteiger partial charge in [0.1, 0.15) is 5.01 Å². The SMILES string of the molecule is CCCCCCCCc1nnc(NC(=O)c2ccc3c(c2)C(=O)N(C)C3=O)s1. The first-order valence-corrected chi connectivity index (χ1v) is 10.4. The van der Waals surface area contributed by atoms with Crippen molar-refractivity contribution in [3.05, 3.63) is 39.9 Å². The molecule has 1 N–H and O–H groups in total. The highest BCUT2D eigenvalue weighted by Gasteiger charge is 2.33. The minimum atomic E-state index is -0.396. The van der Waals surface area contributed by atoms with Crippen LogP contribution < -0.4 is 5.32 Å². The van der Waals surface area contributed by atoms with E-state index in [1.54, 1.807) is 0 Å². The number of aryl methyl sites for hydroxylation is 1. The summed E-state index contributed by atoms with van der Waals surface area (Å²) >= 11 is 1.37. The maximum absolute atomic E-state index is 12.5. The number of nitrogens with zero attached hydrogens (tertiary/aromatic N) is 3. The molecule has 8 heteroatoms. The fourth-order valence-electron chi connectivity index (χ4n) is 3.13. The van der Waals surface area contributed by atoms with Crippen LogP contribution in [0.15, 0.2) is 18.2 Å². The van der Waals surface area contributed by atoms with Gasteiger partial charge in [0, 0.05) is 19.0 Å². The summed E-state index contributed by atoms with van der Waals surface area (Å²) in [6, 6.07) is 4.50. The van der Waals surface area contributed by atoms with Crippen molar-refractivity contribution >= 4 is 34.2 Å². The summed E-state index contributed by atoms with van der Waals surface area (Å²) < 4.78 is 0. The van der Waals surface area contributed by atoms with Crippen LogP contribution in [0.5, 0.6) is 0 Å². The van der Waals surface area contributed by atoms with Crippen molar-refractivity contribution in [2.45, 2.75) is 51.9 Å². The molecule has 0 spiro atoms. The topological polar surface area (TPSA) is 92.3 Å². The zero-order chi connectivity index (χ0) is 20.1. The summed E-state index contributed by atoms with van der Waals surface area (Å²) in [5.41, 5.74) is 0.880. The van der Waals surface area contributed by atoms with Gasteiger partial charge < -0.3 is 0 Å². The number of carbonyl (C=O) groups is 3. The number of nitrogens with one attached hydrogen (secondary N) is 1. The van der Waals surface area contributed by atoms with Crippen LogP contribution in [-0.4, -0.2) is 39.9 Å². The zero-order valence-electron chi connectivity index (χ0n) is 16.2. The molecular weight excluding hydrogens is 376 g/mol. The molecule has 1 aliphatic rings. The number of amides is 3. The van der Waals surface area contributed by atoms with Gasteiger partial charge in [-0.15, -0.1) is 10.2 Å². The number of unbranched alkanes of at least 4 members (excludes halogenated alkanes) is 5. The van der Waals surface area contributed by atoms with Gasteiger partial charge in [-0.05, 0) is 24.6 Å². The van der Waals surface area contributed by atoms with Crippen molar-refractivity contribution in [3.63, 3.8) is 0 Å². The molecule has 1 aromatic heterocycles. The van der Waals surface area contributed by atoms with Crippen molar-refractivity contribution < 1.29 is 14.4 Å². The van der Waals surface area contributed by atoms with Gasteiger partial charge in [0.25, 0.3) is 17.7 Å². The molecular formula is C20H24N4O3S. The van der Waals surface area contributed by atoms with E-state index in [4.69, 9.17) is 0 Å². The maximum atomic E-state index is 12.5. The number of carbonyl (C=O) groups excluding carboxylic acids is 3. The molecule has 0 aliphatic carbocycles. The van der Waals surface area contributed by atoms with E-state index in [-0.39, 0.29) is 17.4 Å². The summed E-state index contributed by atoms with van der Waals surface area (Å²) in [7, 11) is 1.43. The van der Waals surface area contributed by atoms with Crippen LogP contribution in [0, 0.1) is 0 Å². The van der Waals surface area contributed by atoms with Crippen LogP contribution in [0.2, 0.25) is 0 Å². The van der Waals surface area contributed by atoms with Crippen LogP contribution in [0.25, 0.3) is 0 Å². The summed E-state index contributed by atoms with van der Waals surface area (Å²) in [5, 5.41) is 12.2. The summed E-state index contributed by atoms with van der Waals surface area (Å²) in [5.74, 6) is -1.12. The quantitative estimate of drug-likeness (QED) is 0.509. The molecule has 1 aliphatic heterocycles. The molecule has 3 amide bonds. The fraction of sp³-hybridized carbons (Fsp3) is 0.450. The molecule has 0 atom stereocenters. The summed E-state index contributed by atoms with van der Waals surface area (Å²) in [6.07, 6.45) is 8.15. The lowest BCUT2D eigenvalue weighted by atomic mass is 10.1. The molecule has 148 valence electrons. The van der Waals surface area contributed by atoms with E-state index < -0.39 is 5.91 Å². The summed E-state index contributed by atoms with van der Waals surface area (Å²) in [4.78, 5) is 37.5. The van der Waals surface area contributed by atoms with Gasteiger partial charge in [0.15, 0.2) is 0 Å². The number of benzene rings is 1. The largest absolute Gasteiger partial charge is 0.296 e. The molecule has 0 radical (unpaired) electrons. The Morgan fingerprint density at radius 3 is 2.54 bits per heavy atom. The van der Waals surface area contributed by atoms with Crippen molar-refractivity contribution in [2.75, 3.05) is 12.4 Å². The van der Waals surface area contributed by atoms with Crippen molar-refractivity contribution in [2.24, 2.45) is 0 Å². The third kappa shape index (κ3) is 4.44.